The molecule has 156 valence electrons. The number of hydrogen-bond donors (Lipinski definition) is 1. The number of hydrogen-bond acceptors (Lipinski definition) is 4. The van der Waals surface area contributed by atoms with Crippen LogP contribution in [0, 0.1) is 26.6 Å². The number of piperazine rings is 1. The van der Waals surface area contributed by atoms with Crippen LogP contribution in [0.2, 0.25) is 0 Å². The maximum absolute atomic E-state index is 13.9. The average Bonchev–Trinajstić information content (AvgIpc) is 2.66. The largest absolute Gasteiger partial charge is 0.322 e. The van der Waals surface area contributed by atoms with Crippen LogP contribution in [0.25, 0.3) is 0 Å². The van der Waals surface area contributed by atoms with Crippen molar-refractivity contribution in [3.05, 3.63) is 58.9 Å². The quantitative estimate of drug-likeness (QED) is 0.809. The number of amides is 1. The fourth-order valence-electron chi connectivity index (χ4n) is 3.27. The lowest BCUT2D eigenvalue weighted by Gasteiger charge is -2.33. The van der Waals surface area contributed by atoms with Crippen molar-refractivity contribution in [2.75, 3.05) is 38.0 Å². The molecule has 1 aliphatic heterocycles. The van der Waals surface area contributed by atoms with E-state index in [9.17, 15) is 17.6 Å². The number of benzene rings is 2. The summed E-state index contributed by atoms with van der Waals surface area (Å²) in [4.78, 5) is 14.4. The Hall–Kier alpha value is -2.29. The first-order valence-electron chi connectivity index (χ1n) is 9.52. The van der Waals surface area contributed by atoms with Gasteiger partial charge in [-0.3, -0.25) is 9.69 Å². The van der Waals surface area contributed by atoms with Crippen LogP contribution in [0.1, 0.15) is 16.7 Å². The normalized spacial score (nSPS) is 16.0. The minimum Gasteiger partial charge on any atom is -0.322 e. The fraction of sp³-hybridized carbons (Fsp3) is 0.381. The third kappa shape index (κ3) is 5.01. The molecule has 1 N–H and O–H groups in total. The van der Waals surface area contributed by atoms with Crippen molar-refractivity contribution < 1.29 is 17.6 Å². The Bertz CT molecular complexity index is 1020. The number of aryl methyl sites for hydroxylation is 3. The van der Waals surface area contributed by atoms with Crippen molar-refractivity contribution >= 4 is 21.6 Å². The Morgan fingerprint density at radius 1 is 1.00 bits per heavy atom. The van der Waals surface area contributed by atoms with Crippen LogP contribution >= 0.6 is 0 Å². The smallest absolute Gasteiger partial charge is 0.243 e. The molecule has 1 amide bonds. The Labute approximate surface area is 171 Å². The van der Waals surface area contributed by atoms with E-state index >= 15 is 0 Å². The SMILES string of the molecule is Cc1ccc(NC(=O)CN2CCN(S(=O)(=O)c3ccc(C)c(C)c3)CC2)c(F)c1. The molecule has 0 bridgehead atoms. The minimum atomic E-state index is -3.55. The van der Waals surface area contributed by atoms with Gasteiger partial charge in [-0.1, -0.05) is 12.1 Å². The number of nitrogens with zero attached hydrogens (tertiary/aromatic N) is 2. The number of carbonyl (C=O) groups is 1. The lowest BCUT2D eigenvalue weighted by atomic mass is 10.1. The Kier molecular flexibility index (Phi) is 6.36. The molecular formula is C21H26FN3O3S. The summed E-state index contributed by atoms with van der Waals surface area (Å²) in [6.45, 7) is 7.19. The molecule has 1 aliphatic rings. The van der Waals surface area contributed by atoms with Crippen LogP contribution in [-0.4, -0.2) is 56.3 Å². The molecule has 6 nitrogen and oxygen atoms in total. The van der Waals surface area contributed by atoms with Crippen molar-refractivity contribution in [2.24, 2.45) is 0 Å². The van der Waals surface area contributed by atoms with Crippen LogP contribution < -0.4 is 5.32 Å². The van der Waals surface area contributed by atoms with E-state index in [-0.39, 0.29) is 18.1 Å². The molecule has 29 heavy (non-hydrogen) atoms. The highest BCUT2D eigenvalue weighted by Crippen LogP contribution is 2.21. The zero-order valence-corrected chi connectivity index (χ0v) is 17.7. The summed E-state index contributed by atoms with van der Waals surface area (Å²) in [6.07, 6.45) is 0. The molecular weight excluding hydrogens is 393 g/mol. The van der Waals surface area contributed by atoms with Gasteiger partial charge in [0.1, 0.15) is 5.82 Å². The molecule has 0 atom stereocenters. The molecule has 2 aromatic carbocycles. The van der Waals surface area contributed by atoms with Crippen LogP contribution in [-0.2, 0) is 14.8 Å². The van der Waals surface area contributed by atoms with Crippen LogP contribution in [0.3, 0.4) is 0 Å². The summed E-state index contributed by atoms with van der Waals surface area (Å²) in [6, 6.07) is 9.78. The van der Waals surface area contributed by atoms with E-state index in [1.807, 2.05) is 24.8 Å². The highest BCUT2D eigenvalue weighted by atomic mass is 32.2. The fourth-order valence-corrected chi connectivity index (χ4v) is 4.77. The monoisotopic (exact) mass is 419 g/mol. The topological polar surface area (TPSA) is 69.7 Å². The third-order valence-corrected chi connectivity index (χ3v) is 7.11. The van der Waals surface area contributed by atoms with Crippen molar-refractivity contribution in [1.82, 2.24) is 9.21 Å². The van der Waals surface area contributed by atoms with E-state index in [0.29, 0.717) is 31.1 Å². The second-order valence-corrected chi connectivity index (χ2v) is 9.40. The van der Waals surface area contributed by atoms with Gasteiger partial charge in [-0.2, -0.15) is 4.31 Å². The summed E-state index contributed by atoms with van der Waals surface area (Å²) in [5.74, 6) is -0.791. The highest BCUT2D eigenvalue weighted by molar-refractivity contribution is 7.89. The van der Waals surface area contributed by atoms with Gasteiger partial charge in [0.25, 0.3) is 0 Å². The average molecular weight is 420 g/mol. The van der Waals surface area contributed by atoms with E-state index in [0.717, 1.165) is 16.7 Å². The zero-order chi connectivity index (χ0) is 21.2. The van der Waals surface area contributed by atoms with Gasteiger partial charge in [0.05, 0.1) is 17.1 Å². The maximum atomic E-state index is 13.9. The van der Waals surface area contributed by atoms with Crippen molar-refractivity contribution in [3.63, 3.8) is 0 Å². The van der Waals surface area contributed by atoms with E-state index < -0.39 is 15.8 Å². The number of halogens is 1. The molecule has 0 aromatic heterocycles. The lowest BCUT2D eigenvalue weighted by Crippen LogP contribution is -2.50. The second-order valence-electron chi connectivity index (χ2n) is 7.46. The van der Waals surface area contributed by atoms with E-state index in [1.54, 1.807) is 25.1 Å². The standard InChI is InChI=1S/C21H26FN3O3S/c1-15-4-7-20(19(22)12-15)23-21(26)14-24-8-10-25(11-9-24)29(27,28)18-6-5-16(2)17(3)13-18/h4-7,12-13H,8-11,14H2,1-3H3,(H,23,26). The predicted molar refractivity (Wildman–Crippen MR) is 111 cm³/mol. The highest BCUT2D eigenvalue weighted by Gasteiger charge is 2.29. The Morgan fingerprint density at radius 3 is 2.31 bits per heavy atom. The number of sulfonamides is 1. The number of anilines is 1. The van der Waals surface area contributed by atoms with Crippen LogP contribution in [0.5, 0.6) is 0 Å². The van der Waals surface area contributed by atoms with Gasteiger partial charge in [0, 0.05) is 26.2 Å². The van der Waals surface area contributed by atoms with Gasteiger partial charge in [-0.05, 0) is 61.7 Å². The molecule has 1 heterocycles. The molecule has 0 unspecified atom stereocenters. The first-order valence-corrected chi connectivity index (χ1v) is 11.0. The van der Waals surface area contributed by atoms with E-state index in [2.05, 4.69) is 5.32 Å². The van der Waals surface area contributed by atoms with Gasteiger partial charge in [-0.25, -0.2) is 12.8 Å². The van der Waals surface area contributed by atoms with Crippen LogP contribution in [0.4, 0.5) is 10.1 Å². The molecule has 8 heteroatoms. The second kappa shape index (κ2) is 8.61. The van der Waals surface area contributed by atoms with E-state index in [4.69, 9.17) is 0 Å². The molecule has 2 aromatic rings. The molecule has 1 fully saturated rings. The summed E-state index contributed by atoms with van der Waals surface area (Å²) < 4.78 is 41.1. The zero-order valence-electron chi connectivity index (χ0n) is 16.9. The number of rotatable bonds is 5. The number of carbonyl (C=O) groups excluding carboxylic acids is 1. The van der Waals surface area contributed by atoms with Crippen molar-refractivity contribution in [1.29, 1.82) is 0 Å². The molecule has 3 rings (SSSR count). The maximum Gasteiger partial charge on any atom is 0.243 e. The van der Waals surface area contributed by atoms with Gasteiger partial charge in [0.2, 0.25) is 15.9 Å². The molecule has 0 spiro atoms. The minimum absolute atomic E-state index is 0.0881. The molecule has 1 saturated heterocycles. The first kappa shape index (κ1) is 21.4. The third-order valence-electron chi connectivity index (χ3n) is 5.21. The summed E-state index contributed by atoms with van der Waals surface area (Å²) in [5, 5.41) is 2.58. The van der Waals surface area contributed by atoms with Gasteiger partial charge in [-0.15, -0.1) is 0 Å². The van der Waals surface area contributed by atoms with Crippen LogP contribution in [0.15, 0.2) is 41.3 Å². The summed E-state index contributed by atoms with van der Waals surface area (Å²) >= 11 is 0. The first-order chi connectivity index (χ1) is 13.7. The summed E-state index contributed by atoms with van der Waals surface area (Å²) in [7, 11) is -3.55. The Balaban J connectivity index is 1.57. The van der Waals surface area contributed by atoms with Gasteiger partial charge < -0.3 is 5.32 Å². The molecule has 0 saturated carbocycles. The van der Waals surface area contributed by atoms with Gasteiger partial charge in [0.15, 0.2) is 0 Å². The molecule has 0 radical (unpaired) electrons. The number of nitrogens with one attached hydrogen (secondary N) is 1. The van der Waals surface area contributed by atoms with E-state index in [1.165, 1.54) is 16.4 Å². The van der Waals surface area contributed by atoms with Gasteiger partial charge >= 0.3 is 0 Å². The molecule has 0 aliphatic carbocycles. The summed E-state index contributed by atoms with van der Waals surface area (Å²) in [5.41, 5.74) is 2.91. The predicted octanol–water partition coefficient (Wildman–Crippen LogP) is 2.70. The lowest BCUT2D eigenvalue weighted by molar-refractivity contribution is -0.117. The Morgan fingerprint density at radius 2 is 1.69 bits per heavy atom. The van der Waals surface area contributed by atoms with Crippen molar-refractivity contribution in [3.8, 4) is 0 Å². The van der Waals surface area contributed by atoms with Crippen molar-refractivity contribution in [2.45, 2.75) is 25.7 Å².